The van der Waals surface area contributed by atoms with Crippen molar-refractivity contribution in [1.29, 1.82) is 0 Å². The van der Waals surface area contributed by atoms with Crippen molar-refractivity contribution in [2.75, 3.05) is 6.54 Å². The van der Waals surface area contributed by atoms with Crippen molar-refractivity contribution in [3.05, 3.63) is 63.4 Å². The molecule has 0 fully saturated rings. The summed E-state index contributed by atoms with van der Waals surface area (Å²) in [4.78, 5) is 17.4. The van der Waals surface area contributed by atoms with E-state index in [1.807, 2.05) is 17.6 Å². The smallest absolute Gasteiger partial charge is 0.267 e. The molecule has 2 aromatic carbocycles. The Hall–Kier alpha value is -2.13. The summed E-state index contributed by atoms with van der Waals surface area (Å²) < 4.78 is 26.0. The normalized spacial score (nSPS) is 12.5. The highest BCUT2D eigenvalue weighted by atomic mass is 35.5. The SMILES string of the molecule is CCC(O)CCN(C(=O)c1ccc2nc(C)n(Cc3ccc(Cl)cc3Cl)c2c1)[SH](=O)=O. The summed E-state index contributed by atoms with van der Waals surface area (Å²) in [5.74, 6) is 0.0830. The molecule has 0 spiro atoms. The fourth-order valence-electron chi connectivity index (χ4n) is 3.28. The molecule has 1 aromatic heterocycles. The second-order valence-corrected chi connectivity index (χ2v) is 9.00. The van der Waals surface area contributed by atoms with E-state index < -0.39 is 22.9 Å². The number of halogens is 2. The van der Waals surface area contributed by atoms with Crippen LogP contribution in [0.3, 0.4) is 0 Å². The molecule has 7 nitrogen and oxygen atoms in total. The van der Waals surface area contributed by atoms with E-state index in [1.165, 1.54) is 0 Å². The van der Waals surface area contributed by atoms with Crippen LogP contribution in [-0.4, -0.2) is 45.9 Å². The molecule has 3 aromatic rings. The van der Waals surface area contributed by atoms with Gasteiger partial charge in [0.2, 0.25) is 10.9 Å². The zero-order valence-corrected chi connectivity index (χ0v) is 19.5. The Balaban J connectivity index is 1.95. The summed E-state index contributed by atoms with van der Waals surface area (Å²) in [5.41, 5.74) is 2.42. The second-order valence-electron chi connectivity index (χ2n) is 7.20. The Labute approximate surface area is 192 Å². The molecular weight excluding hydrogens is 461 g/mol. The first-order valence-corrected chi connectivity index (χ1v) is 11.6. The molecule has 0 aliphatic carbocycles. The maximum atomic E-state index is 12.9. The van der Waals surface area contributed by atoms with Gasteiger partial charge in [-0.05, 0) is 55.7 Å². The third-order valence-electron chi connectivity index (χ3n) is 5.11. The lowest BCUT2D eigenvalue weighted by Gasteiger charge is -2.17. The highest BCUT2D eigenvalue weighted by molar-refractivity contribution is 7.70. The number of thiol groups is 1. The number of carbonyl (C=O) groups is 1. The van der Waals surface area contributed by atoms with E-state index in [-0.39, 0.29) is 18.5 Å². The molecule has 31 heavy (non-hydrogen) atoms. The van der Waals surface area contributed by atoms with Crippen molar-refractivity contribution in [1.82, 2.24) is 13.9 Å². The van der Waals surface area contributed by atoms with E-state index in [2.05, 4.69) is 4.98 Å². The van der Waals surface area contributed by atoms with Gasteiger partial charge in [-0.1, -0.05) is 36.2 Å². The van der Waals surface area contributed by atoms with Crippen molar-refractivity contribution >= 4 is 51.0 Å². The number of imidazole rings is 1. The fourth-order valence-corrected chi connectivity index (χ4v) is 4.29. The van der Waals surface area contributed by atoms with Crippen LogP contribution in [0.4, 0.5) is 0 Å². The maximum Gasteiger partial charge on any atom is 0.267 e. The van der Waals surface area contributed by atoms with Crippen LogP contribution in [0.15, 0.2) is 36.4 Å². The Bertz CT molecular complexity index is 1180. The van der Waals surface area contributed by atoms with Crippen LogP contribution in [0.5, 0.6) is 0 Å². The van der Waals surface area contributed by atoms with E-state index in [0.717, 1.165) is 15.7 Å². The van der Waals surface area contributed by atoms with Gasteiger partial charge in [-0.2, -0.15) is 0 Å². The summed E-state index contributed by atoms with van der Waals surface area (Å²) >= 11 is 12.3. The Kier molecular flexibility index (Phi) is 7.59. The Morgan fingerprint density at radius 3 is 2.61 bits per heavy atom. The molecule has 1 unspecified atom stereocenters. The second kappa shape index (κ2) is 9.99. The Morgan fingerprint density at radius 1 is 1.23 bits per heavy atom. The maximum absolute atomic E-state index is 12.9. The van der Waals surface area contributed by atoms with Crippen molar-refractivity contribution in [2.45, 2.75) is 39.3 Å². The number of carbonyl (C=O) groups excluding carboxylic acids is 1. The number of fused-ring (bicyclic) bond motifs is 1. The van der Waals surface area contributed by atoms with Crippen LogP contribution in [-0.2, 0) is 17.4 Å². The number of aromatic nitrogens is 2. The number of amides is 1. The summed E-state index contributed by atoms with van der Waals surface area (Å²) in [6.45, 7) is 3.97. The highest BCUT2D eigenvalue weighted by Gasteiger charge is 2.21. The van der Waals surface area contributed by atoms with Gasteiger partial charge < -0.3 is 9.67 Å². The lowest BCUT2D eigenvalue weighted by Crippen LogP contribution is -2.32. The van der Waals surface area contributed by atoms with Crippen LogP contribution in [0.2, 0.25) is 10.0 Å². The molecule has 0 bridgehead atoms. The largest absolute Gasteiger partial charge is 0.393 e. The van der Waals surface area contributed by atoms with Crippen LogP contribution in [0.25, 0.3) is 11.0 Å². The number of aliphatic hydroxyl groups excluding tert-OH is 1. The van der Waals surface area contributed by atoms with Gasteiger partial charge in [-0.25, -0.2) is 17.7 Å². The minimum absolute atomic E-state index is 0.0801. The third-order valence-corrected chi connectivity index (χ3v) is 6.47. The summed E-state index contributed by atoms with van der Waals surface area (Å²) in [6, 6.07) is 10.1. The van der Waals surface area contributed by atoms with Crippen molar-refractivity contribution in [2.24, 2.45) is 0 Å². The van der Waals surface area contributed by atoms with E-state index in [0.29, 0.717) is 34.0 Å². The average Bonchev–Trinajstić information content (AvgIpc) is 3.03. The van der Waals surface area contributed by atoms with Gasteiger partial charge in [0.25, 0.3) is 5.91 Å². The standard InChI is InChI=1S/C21H23Cl2N3O4S/c1-3-17(27)8-9-26(31(29)30)21(28)14-5-7-19-20(10-14)25(13(2)24-19)12-15-4-6-16(22)11-18(15)23/h4-7,10-11,17,27,31H,3,8-9,12H2,1-2H3. The van der Waals surface area contributed by atoms with Gasteiger partial charge in [-0.15, -0.1) is 0 Å². The number of benzene rings is 2. The van der Waals surface area contributed by atoms with Gasteiger partial charge >= 0.3 is 0 Å². The first kappa shape index (κ1) is 23.5. The van der Waals surface area contributed by atoms with Crippen molar-refractivity contribution < 1.29 is 18.3 Å². The molecule has 1 N–H and O–H groups in total. The topological polar surface area (TPSA) is 92.5 Å². The van der Waals surface area contributed by atoms with Gasteiger partial charge in [-0.3, -0.25) is 4.79 Å². The van der Waals surface area contributed by atoms with Gasteiger partial charge in [0.15, 0.2) is 0 Å². The van der Waals surface area contributed by atoms with Crippen LogP contribution < -0.4 is 0 Å². The van der Waals surface area contributed by atoms with Crippen molar-refractivity contribution in [3.63, 3.8) is 0 Å². The molecule has 0 saturated carbocycles. The zero-order chi connectivity index (χ0) is 22.7. The lowest BCUT2D eigenvalue weighted by molar-refractivity contribution is 0.0841. The summed E-state index contributed by atoms with van der Waals surface area (Å²) in [6.07, 6.45) is -0.00384. The van der Waals surface area contributed by atoms with E-state index >= 15 is 0 Å². The predicted molar refractivity (Wildman–Crippen MR) is 122 cm³/mol. The molecule has 0 aliphatic rings. The quantitative estimate of drug-likeness (QED) is 0.475. The predicted octanol–water partition coefficient (Wildman–Crippen LogP) is 3.83. The molecule has 3 rings (SSSR count). The number of aryl methyl sites for hydroxylation is 1. The molecule has 166 valence electrons. The number of hydrogen-bond donors (Lipinski definition) is 2. The first-order valence-electron chi connectivity index (χ1n) is 9.76. The number of rotatable bonds is 8. The number of nitrogens with zero attached hydrogens (tertiary/aromatic N) is 3. The molecule has 0 aliphatic heterocycles. The van der Waals surface area contributed by atoms with Crippen LogP contribution in [0.1, 0.15) is 41.5 Å². The average molecular weight is 484 g/mol. The van der Waals surface area contributed by atoms with Gasteiger partial charge in [0, 0.05) is 22.2 Å². The monoisotopic (exact) mass is 483 g/mol. The van der Waals surface area contributed by atoms with Gasteiger partial charge in [0.05, 0.1) is 23.7 Å². The van der Waals surface area contributed by atoms with Crippen LogP contribution >= 0.6 is 23.2 Å². The minimum Gasteiger partial charge on any atom is -0.393 e. The number of hydrogen-bond acceptors (Lipinski definition) is 5. The third kappa shape index (κ3) is 5.38. The minimum atomic E-state index is -3.14. The van der Waals surface area contributed by atoms with Crippen molar-refractivity contribution in [3.8, 4) is 0 Å². The number of aliphatic hydroxyl groups is 1. The van der Waals surface area contributed by atoms with E-state index in [1.54, 1.807) is 37.3 Å². The highest BCUT2D eigenvalue weighted by Crippen LogP contribution is 2.25. The molecule has 1 atom stereocenters. The van der Waals surface area contributed by atoms with E-state index in [9.17, 15) is 18.3 Å². The molecule has 1 amide bonds. The Morgan fingerprint density at radius 2 is 1.97 bits per heavy atom. The summed E-state index contributed by atoms with van der Waals surface area (Å²) in [7, 11) is -3.14. The van der Waals surface area contributed by atoms with E-state index in [4.69, 9.17) is 23.2 Å². The fraction of sp³-hybridized carbons (Fsp3) is 0.333. The molecule has 0 radical (unpaired) electrons. The molecule has 10 heteroatoms. The van der Waals surface area contributed by atoms with Gasteiger partial charge in [0.1, 0.15) is 5.82 Å². The molecule has 0 saturated heterocycles. The summed E-state index contributed by atoms with van der Waals surface area (Å²) in [5, 5.41) is 10.8. The zero-order valence-electron chi connectivity index (χ0n) is 17.1. The first-order chi connectivity index (χ1) is 14.7. The molecule has 1 heterocycles. The van der Waals surface area contributed by atoms with Crippen LogP contribution in [0, 0.1) is 6.92 Å². The lowest BCUT2D eigenvalue weighted by atomic mass is 10.1. The molecular formula is C21H23Cl2N3O4S.